The molecule has 0 atom stereocenters. The second-order valence-electron chi connectivity index (χ2n) is 1.29. The maximum atomic E-state index is 5.19. The lowest BCUT2D eigenvalue weighted by Crippen LogP contribution is -1.97. The van der Waals surface area contributed by atoms with Gasteiger partial charge in [0.05, 0.1) is 0 Å². The van der Waals surface area contributed by atoms with E-state index in [1.165, 1.54) is 0 Å². The molecule has 38 valence electrons. The number of hydrogen-bond acceptors (Lipinski definition) is 1. The van der Waals surface area contributed by atoms with Gasteiger partial charge in [0.15, 0.2) is 0 Å². The van der Waals surface area contributed by atoms with Gasteiger partial charge in [-0.05, 0) is 19.1 Å². The van der Waals surface area contributed by atoms with Gasteiger partial charge in [-0.25, -0.2) is 0 Å². The Labute approximate surface area is 43.8 Å². The fourth-order valence-corrected chi connectivity index (χ4v) is 0.202. The third kappa shape index (κ3) is 3.08. The molecule has 0 aromatic heterocycles. The topological polar surface area (TPSA) is 26.0 Å². The first-order valence-corrected chi connectivity index (χ1v) is 2.12. The van der Waals surface area contributed by atoms with Crippen LogP contribution in [-0.4, -0.2) is 6.54 Å². The molecule has 0 heterocycles. The van der Waals surface area contributed by atoms with Crippen LogP contribution < -0.4 is 5.73 Å². The summed E-state index contributed by atoms with van der Waals surface area (Å²) in [6.07, 6.45) is 0. The molecule has 0 radical (unpaired) electrons. The average molecular weight is 95.1 g/mol. The predicted octanol–water partition coefficient (Wildman–Crippen LogP) is 0.831. The summed E-state index contributed by atoms with van der Waals surface area (Å²) in [5, 5.41) is 0. The Kier molecular flexibility index (Phi) is 3.09. The number of rotatable bonds is 1. The van der Waals surface area contributed by atoms with E-state index in [1.54, 1.807) is 0 Å². The highest BCUT2D eigenvalue weighted by atomic mass is 14.5. The summed E-state index contributed by atoms with van der Waals surface area (Å²) in [4.78, 5) is 0. The molecule has 2 N–H and O–H groups in total. The Balaban J connectivity index is 4.01. The van der Waals surface area contributed by atoms with Crippen molar-refractivity contribution >= 4 is 0 Å². The second-order valence-corrected chi connectivity index (χ2v) is 1.29. The van der Waals surface area contributed by atoms with Gasteiger partial charge in [-0.1, -0.05) is 11.5 Å². The molecule has 1 nitrogen and oxygen atoms in total. The molecule has 0 amide bonds. The van der Waals surface area contributed by atoms with Gasteiger partial charge in [-0.15, -0.1) is 0 Å². The summed E-state index contributed by atoms with van der Waals surface area (Å²) in [7, 11) is 0. The average Bonchev–Trinajstić information content (AvgIpc) is 1.68. The molecule has 0 rings (SSSR count). The summed E-state index contributed by atoms with van der Waals surface area (Å²) in [5.74, 6) is 0. The molecule has 0 aliphatic carbocycles. The van der Waals surface area contributed by atoms with Crippen molar-refractivity contribution in [3.05, 3.63) is 23.6 Å². The van der Waals surface area contributed by atoms with Crippen LogP contribution >= 0.6 is 0 Å². The maximum absolute atomic E-state index is 5.19. The highest BCUT2D eigenvalue weighted by Crippen LogP contribution is 1.78. The molecule has 0 saturated heterocycles. The normalized spacial score (nSPS) is 6.57. The second kappa shape index (κ2) is 3.45. The predicted molar refractivity (Wildman–Crippen MR) is 30.9 cm³/mol. The zero-order chi connectivity index (χ0) is 5.70. The first-order valence-electron chi connectivity index (χ1n) is 2.12. The minimum atomic E-state index is 0.544. The molecule has 7 heavy (non-hydrogen) atoms. The summed E-state index contributed by atoms with van der Waals surface area (Å²) in [6, 6.07) is 0. The van der Waals surface area contributed by atoms with Crippen molar-refractivity contribution in [2.24, 2.45) is 5.73 Å². The number of nitrogens with two attached hydrogens (primary N) is 1. The Morgan fingerprint density at radius 3 is 2.57 bits per heavy atom. The van der Waals surface area contributed by atoms with Crippen LogP contribution in [0.5, 0.6) is 0 Å². The largest absolute Gasteiger partial charge is 0.326 e. The van der Waals surface area contributed by atoms with E-state index in [0.29, 0.717) is 6.54 Å². The summed E-state index contributed by atoms with van der Waals surface area (Å²) in [6.45, 7) is 5.77. The Bertz CT molecular complexity index is 123. The van der Waals surface area contributed by atoms with E-state index < -0.39 is 0 Å². The molecule has 0 spiro atoms. The van der Waals surface area contributed by atoms with Crippen LogP contribution in [0.4, 0.5) is 0 Å². The Morgan fingerprint density at radius 1 is 1.86 bits per heavy atom. The summed E-state index contributed by atoms with van der Waals surface area (Å²) in [5.41, 5.74) is 11.4. The van der Waals surface area contributed by atoms with Crippen LogP contribution in [0.1, 0.15) is 6.92 Å². The van der Waals surface area contributed by atoms with Crippen LogP contribution in [0, 0.1) is 0 Å². The van der Waals surface area contributed by atoms with Crippen molar-refractivity contribution in [3.8, 4) is 0 Å². The molecular weight excluding hydrogens is 86.1 g/mol. The van der Waals surface area contributed by atoms with Gasteiger partial charge >= 0.3 is 0 Å². The summed E-state index contributed by atoms with van der Waals surface area (Å²) >= 11 is 0. The first-order chi connectivity index (χ1) is 3.31. The van der Waals surface area contributed by atoms with Gasteiger partial charge in [-0.2, -0.15) is 0 Å². The van der Waals surface area contributed by atoms with Crippen molar-refractivity contribution in [1.29, 1.82) is 0 Å². The fraction of sp³-hybridized carbons (Fsp3) is 0.333. The molecule has 0 aromatic carbocycles. The molecule has 0 unspecified atom stereocenters. The highest BCUT2D eigenvalue weighted by Gasteiger charge is 1.73. The quantitative estimate of drug-likeness (QED) is 0.480. The van der Waals surface area contributed by atoms with Gasteiger partial charge in [-0.3, -0.25) is 0 Å². The lowest BCUT2D eigenvalue weighted by Gasteiger charge is -1.80. The molecule has 0 bridgehead atoms. The van der Waals surface area contributed by atoms with E-state index in [1.807, 2.05) is 6.92 Å². The SMILES string of the molecule is C=C=C=C(C)CN. The molecule has 0 fully saturated rings. The highest BCUT2D eigenvalue weighted by molar-refractivity contribution is 4.97. The van der Waals surface area contributed by atoms with Gasteiger partial charge in [0.2, 0.25) is 0 Å². The van der Waals surface area contributed by atoms with Crippen LogP contribution in [-0.2, 0) is 0 Å². The molecule has 1 heteroatoms. The minimum Gasteiger partial charge on any atom is -0.326 e. The van der Waals surface area contributed by atoms with Crippen LogP contribution in [0.3, 0.4) is 0 Å². The van der Waals surface area contributed by atoms with Crippen LogP contribution in [0.2, 0.25) is 0 Å². The third-order valence-electron chi connectivity index (χ3n) is 0.608. The first kappa shape index (κ1) is 6.26. The maximum Gasteiger partial charge on any atom is 0.0216 e. The van der Waals surface area contributed by atoms with Crippen molar-refractivity contribution in [3.63, 3.8) is 0 Å². The van der Waals surface area contributed by atoms with E-state index in [-0.39, 0.29) is 0 Å². The molecule has 0 aliphatic heterocycles. The lowest BCUT2D eigenvalue weighted by atomic mass is 10.3. The van der Waals surface area contributed by atoms with Gasteiger partial charge < -0.3 is 5.73 Å². The van der Waals surface area contributed by atoms with Crippen LogP contribution in [0.25, 0.3) is 0 Å². The van der Waals surface area contributed by atoms with Crippen molar-refractivity contribution in [1.82, 2.24) is 0 Å². The monoisotopic (exact) mass is 95.1 g/mol. The van der Waals surface area contributed by atoms with E-state index in [9.17, 15) is 0 Å². The van der Waals surface area contributed by atoms with E-state index in [0.717, 1.165) is 5.57 Å². The third-order valence-corrected chi connectivity index (χ3v) is 0.608. The Morgan fingerprint density at radius 2 is 2.43 bits per heavy atom. The van der Waals surface area contributed by atoms with E-state index in [2.05, 4.69) is 18.0 Å². The van der Waals surface area contributed by atoms with Gasteiger partial charge in [0, 0.05) is 6.54 Å². The van der Waals surface area contributed by atoms with Crippen molar-refractivity contribution < 1.29 is 0 Å². The molecule has 0 saturated carbocycles. The van der Waals surface area contributed by atoms with E-state index >= 15 is 0 Å². The lowest BCUT2D eigenvalue weighted by molar-refractivity contribution is 1.14. The standard InChI is InChI=1S/C6H9N/c1-3-4-6(2)5-7/h1,5,7H2,2H3. The van der Waals surface area contributed by atoms with Crippen molar-refractivity contribution in [2.45, 2.75) is 6.92 Å². The van der Waals surface area contributed by atoms with E-state index in [4.69, 9.17) is 5.73 Å². The zero-order valence-corrected chi connectivity index (χ0v) is 4.49. The molecule has 0 aliphatic rings. The minimum absolute atomic E-state index is 0.544. The van der Waals surface area contributed by atoms with Crippen molar-refractivity contribution in [2.75, 3.05) is 6.54 Å². The summed E-state index contributed by atoms with van der Waals surface area (Å²) < 4.78 is 0. The molecular formula is C6H9N. The zero-order valence-electron chi connectivity index (χ0n) is 4.49. The van der Waals surface area contributed by atoms with Crippen LogP contribution in [0.15, 0.2) is 23.6 Å². The molecule has 0 aromatic rings. The van der Waals surface area contributed by atoms with Gasteiger partial charge in [0.1, 0.15) is 0 Å². The smallest absolute Gasteiger partial charge is 0.0216 e. The van der Waals surface area contributed by atoms with Gasteiger partial charge in [0.25, 0.3) is 0 Å². The fourth-order valence-electron chi connectivity index (χ4n) is 0.202. The Hall–Kier alpha value is -0.740. The number of hydrogen-bond donors (Lipinski definition) is 1.